The number of nitrogens with zero attached hydrogens (tertiary/aromatic N) is 1. The van der Waals surface area contributed by atoms with E-state index in [1.54, 1.807) is 17.0 Å². The second-order valence-electron chi connectivity index (χ2n) is 6.12. The van der Waals surface area contributed by atoms with Crippen LogP contribution < -0.4 is 0 Å². The van der Waals surface area contributed by atoms with E-state index >= 15 is 0 Å². The number of halogens is 1. The van der Waals surface area contributed by atoms with Gasteiger partial charge in [-0.05, 0) is 36.0 Å². The zero-order valence-electron chi connectivity index (χ0n) is 12.2. The summed E-state index contributed by atoms with van der Waals surface area (Å²) in [5.74, 6) is 1.40. The zero-order chi connectivity index (χ0) is 14.4. The molecule has 0 heterocycles. The van der Waals surface area contributed by atoms with Gasteiger partial charge in [0.05, 0.1) is 0 Å². The van der Waals surface area contributed by atoms with Gasteiger partial charge in [-0.25, -0.2) is 4.39 Å². The molecule has 0 atom stereocenters. The van der Waals surface area contributed by atoms with Gasteiger partial charge in [0.2, 0.25) is 6.41 Å². The molecular formula is C17H24FNO. The van der Waals surface area contributed by atoms with Crippen LogP contribution in [0.5, 0.6) is 0 Å². The largest absolute Gasteiger partial charge is 0.341 e. The van der Waals surface area contributed by atoms with Crippen LogP contribution in [-0.2, 0) is 11.3 Å². The lowest BCUT2D eigenvalue weighted by molar-refractivity contribution is -0.118. The van der Waals surface area contributed by atoms with Crippen molar-refractivity contribution in [3.05, 3.63) is 35.6 Å². The van der Waals surface area contributed by atoms with E-state index in [9.17, 15) is 9.18 Å². The standard InChI is InChI=1S/C17H24FNO/c1-14-2-4-15(5-3-14)10-11-19(13-20)12-16-6-8-17(18)9-7-16/h6-9,13-15H,2-5,10-12H2,1H3/t14-,15-. The Hall–Kier alpha value is -1.38. The van der Waals surface area contributed by atoms with Crippen molar-refractivity contribution in [1.29, 1.82) is 0 Å². The first-order valence-electron chi connectivity index (χ1n) is 7.61. The summed E-state index contributed by atoms with van der Waals surface area (Å²) in [4.78, 5) is 12.9. The Bertz CT molecular complexity index is 410. The van der Waals surface area contributed by atoms with Gasteiger partial charge < -0.3 is 4.90 Å². The molecule has 1 amide bonds. The fourth-order valence-corrected chi connectivity index (χ4v) is 2.96. The Morgan fingerprint density at radius 2 is 1.85 bits per heavy atom. The predicted octanol–water partition coefficient (Wildman–Crippen LogP) is 4.00. The third kappa shape index (κ3) is 4.62. The summed E-state index contributed by atoms with van der Waals surface area (Å²) in [7, 11) is 0. The zero-order valence-corrected chi connectivity index (χ0v) is 12.2. The maximum Gasteiger partial charge on any atom is 0.210 e. The molecule has 0 aliphatic heterocycles. The van der Waals surface area contributed by atoms with E-state index in [2.05, 4.69) is 6.92 Å². The molecule has 0 radical (unpaired) electrons. The van der Waals surface area contributed by atoms with Gasteiger partial charge in [0.25, 0.3) is 0 Å². The fraction of sp³-hybridized carbons (Fsp3) is 0.588. The Morgan fingerprint density at radius 1 is 1.20 bits per heavy atom. The average molecular weight is 277 g/mol. The van der Waals surface area contributed by atoms with Gasteiger partial charge in [0.15, 0.2) is 0 Å². The minimum absolute atomic E-state index is 0.234. The molecule has 3 heteroatoms. The molecule has 1 saturated carbocycles. The molecule has 1 aliphatic rings. The molecular weight excluding hydrogens is 253 g/mol. The molecule has 0 aromatic heterocycles. The van der Waals surface area contributed by atoms with Crippen molar-refractivity contribution in [2.75, 3.05) is 6.54 Å². The molecule has 0 bridgehead atoms. The number of amides is 1. The van der Waals surface area contributed by atoms with E-state index in [1.807, 2.05) is 0 Å². The Morgan fingerprint density at radius 3 is 2.45 bits per heavy atom. The number of rotatable bonds is 6. The minimum Gasteiger partial charge on any atom is -0.341 e. The molecule has 2 nitrogen and oxygen atoms in total. The van der Waals surface area contributed by atoms with Crippen LogP contribution in [0.3, 0.4) is 0 Å². The van der Waals surface area contributed by atoms with Gasteiger partial charge in [-0.3, -0.25) is 4.79 Å². The molecule has 1 aliphatic carbocycles. The Labute approximate surface area is 121 Å². The molecule has 0 saturated heterocycles. The topological polar surface area (TPSA) is 20.3 Å². The molecule has 0 unspecified atom stereocenters. The van der Waals surface area contributed by atoms with E-state index in [0.717, 1.165) is 36.8 Å². The Kier molecular flexibility index (Phi) is 5.57. The van der Waals surface area contributed by atoms with Gasteiger partial charge in [-0.2, -0.15) is 0 Å². The second kappa shape index (κ2) is 7.41. The van der Waals surface area contributed by atoms with Gasteiger partial charge in [0.1, 0.15) is 5.82 Å². The summed E-state index contributed by atoms with van der Waals surface area (Å²) >= 11 is 0. The molecule has 1 fully saturated rings. The normalized spacial score (nSPS) is 22.5. The van der Waals surface area contributed by atoms with Crippen LogP contribution in [-0.4, -0.2) is 17.9 Å². The van der Waals surface area contributed by atoms with Gasteiger partial charge in [-0.15, -0.1) is 0 Å². The lowest BCUT2D eigenvalue weighted by Crippen LogP contribution is -2.25. The summed E-state index contributed by atoms with van der Waals surface area (Å²) in [5, 5.41) is 0. The lowest BCUT2D eigenvalue weighted by Gasteiger charge is -2.28. The molecule has 0 spiro atoms. The molecule has 110 valence electrons. The van der Waals surface area contributed by atoms with Gasteiger partial charge >= 0.3 is 0 Å². The fourth-order valence-electron chi connectivity index (χ4n) is 2.96. The summed E-state index contributed by atoms with van der Waals surface area (Å²) in [6.45, 7) is 3.70. The van der Waals surface area contributed by atoms with Crippen molar-refractivity contribution in [2.45, 2.75) is 45.6 Å². The average Bonchev–Trinajstić information content (AvgIpc) is 2.47. The van der Waals surface area contributed by atoms with Crippen LogP contribution in [0, 0.1) is 17.7 Å². The highest BCUT2D eigenvalue weighted by Gasteiger charge is 2.18. The quantitative estimate of drug-likeness (QED) is 0.720. The van der Waals surface area contributed by atoms with Crippen LogP contribution in [0.15, 0.2) is 24.3 Å². The monoisotopic (exact) mass is 277 g/mol. The summed E-state index contributed by atoms with van der Waals surface area (Å²) in [5.41, 5.74) is 0.982. The van der Waals surface area contributed by atoms with Crippen LogP contribution in [0.2, 0.25) is 0 Å². The SMILES string of the molecule is C[C@H]1CC[C@H](CCN(C=O)Cc2ccc(F)cc2)CC1. The van der Waals surface area contributed by atoms with E-state index in [4.69, 9.17) is 0 Å². The van der Waals surface area contributed by atoms with Crippen molar-refractivity contribution in [3.8, 4) is 0 Å². The first-order chi connectivity index (χ1) is 9.67. The number of hydrogen-bond acceptors (Lipinski definition) is 1. The summed E-state index contributed by atoms with van der Waals surface area (Å²) in [6.07, 6.45) is 7.24. The molecule has 20 heavy (non-hydrogen) atoms. The van der Waals surface area contributed by atoms with Crippen LogP contribution in [0.1, 0.15) is 44.6 Å². The van der Waals surface area contributed by atoms with Crippen LogP contribution >= 0.6 is 0 Å². The highest BCUT2D eigenvalue weighted by atomic mass is 19.1. The van der Waals surface area contributed by atoms with Crippen molar-refractivity contribution in [3.63, 3.8) is 0 Å². The summed E-state index contributed by atoms with van der Waals surface area (Å²) < 4.78 is 12.8. The van der Waals surface area contributed by atoms with Crippen molar-refractivity contribution in [1.82, 2.24) is 4.90 Å². The number of carbonyl (C=O) groups excluding carboxylic acids is 1. The maximum atomic E-state index is 12.8. The minimum atomic E-state index is -0.234. The highest BCUT2D eigenvalue weighted by Crippen LogP contribution is 2.30. The smallest absolute Gasteiger partial charge is 0.210 e. The maximum absolute atomic E-state index is 12.8. The van der Waals surface area contributed by atoms with Crippen LogP contribution in [0.25, 0.3) is 0 Å². The van der Waals surface area contributed by atoms with E-state index in [-0.39, 0.29) is 5.82 Å². The Balaban J connectivity index is 1.77. The number of hydrogen-bond donors (Lipinski definition) is 0. The van der Waals surface area contributed by atoms with E-state index in [1.165, 1.54) is 37.8 Å². The molecule has 2 rings (SSSR count). The van der Waals surface area contributed by atoms with Crippen molar-refractivity contribution < 1.29 is 9.18 Å². The van der Waals surface area contributed by atoms with Crippen LogP contribution in [0.4, 0.5) is 4.39 Å². The molecule has 1 aromatic rings. The first kappa shape index (κ1) is 15.0. The predicted molar refractivity (Wildman–Crippen MR) is 78.6 cm³/mol. The van der Waals surface area contributed by atoms with E-state index < -0.39 is 0 Å². The third-order valence-corrected chi connectivity index (χ3v) is 4.41. The third-order valence-electron chi connectivity index (χ3n) is 4.41. The van der Waals surface area contributed by atoms with Crippen molar-refractivity contribution in [2.24, 2.45) is 11.8 Å². The number of benzene rings is 1. The van der Waals surface area contributed by atoms with Gasteiger partial charge in [0, 0.05) is 13.1 Å². The van der Waals surface area contributed by atoms with Gasteiger partial charge in [-0.1, -0.05) is 44.7 Å². The highest BCUT2D eigenvalue weighted by molar-refractivity contribution is 5.47. The second-order valence-corrected chi connectivity index (χ2v) is 6.12. The number of carbonyl (C=O) groups is 1. The molecule has 1 aromatic carbocycles. The lowest BCUT2D eigenvalue weighted by atomic mass is 9.81. The molecule has 0 N–H and O–H groups in total. The summed E-state index contributed by atoms with van der Waals surface area (Å²) in [6, 6.07) is 6.38. The van der Waals surface area contributed by atoms with Crippen molar-refractivity contribution >= 4 is 6.41 Å². The van der Waals surface area contributed by atoms with E-state index in [0.29, 0.717) is 6.54 Å². The first-order valence-corrected chi connectivity index (χ1v) is 7.61.